The lowest BCUT2D eigenvalue weighted by atomic mass is 9.91. The Morgan fingerprint density at radius 1 is 1.70 bits per heavy atom. The first kappa shape index (κ1) is 9.19. The highest BCUT2D eigenvalue weighted by molar-refractivity contribution is 5.85. The molecule has 0 saturated carbocycles. The van der Waals surface area contributed by atoms with Gasteiger partial charge in [0.2, 0.25) is 0 Å². The summed E-state index contributed by atoms with van der Waals surface area (Å²) in [6.45, 7) is 2.47. The molecule has 2 nitrogen and oxygen atoms in total. The van der Waals surface area contributed by atoms with Crippen LogP contribution in [-0.4, -0.2) is 12.8 Å². The minimum atomic E-state index is -0.352. The number of dihydropyridines is 1. The van der Waals surface area contributed by atoms with Crippen molar-refractivity contribution in [1.29, 1.82) is 5.26 Å². The van der Waals surface area contributed by atoms with Crippen LogP contribution in [0, 0.1) is 16.7 Å². The Bertz CT molecular complexity index is 202. The van der Waals surface area contributed by atoms with E-state index in [0.717, 1.165) is 0 Å². The molecule has 1 aliphatic heterocycles. The number of rotatable bonds is 0. The molecule has 1 rings (SSSR count). The topological polar surface area (TPSA) is 36.1 Å². The summed E-state index contributed by atoms with van der Waals surface area (Å²) >= 11 is 0. The molecule has 0 aliphatic carbocycles. The summed E-state index contributed by atoms with van der Waals surface area (Å²) in [6, 6.07) is 2.18. The van der Waals surface area contributed by atoms with Gasteiger partial charge in [-0.05, 0) is 13.0 Å². The number of hydrogen-bond acceptors (Lipinski definition) is 2. The van der Waals surface area contributed by atoms with Gasteiger partial charge < -0.3 is 0 Å². The lowest BCUT2D eigenvalue weighted by Gasteiger charge is -2.14. The van der Waals surface area contributed by atoms with Crippen LogP contribution in [0.25, 0.3) is 0 Å². The fraction of sp³-hybridized carbons (Fsp3) is 0.429. The van der Waals surface area contributed by atoms with Crippen molar-refractivity contribution in [2.24, 2.45) is 10.4 Å². The molecule has 1 unspecified atom stereocenters. The molecule has 54 valence electrons. The predicted octanol–water partition coefficient (Wildman–Crippen LogP) is 1.58. The first-order valence-corrected chi connectivity index (χ1v) is 2.86. The molecule has 1 aliphatic rings. The van der Waals surface area contributed by atoms with Crippen molar-refractivity contribution < 1.29 is 0 Å². The first-order chi connectivity index (χ1) is 4.27. The number of nitriles is 1. The summed E-state index contributed by atoms with van der Waals surface area (Å²) in [6.07, 6.45) is 5.41. The average molecular weight is 157 g/mol. The van der Waals surface area contributed by atoms with E-state index in [1.165, 1.54) is 0 Å². The van der Waals surface area contributed by atoms with Crippen molar-refractivity contribution in [3.63, 3.8) is 0 Å². The van der Waals surface area contributed by atoms with Gasteiger partial charge in [0.05, 0.1) is 18.0 Å². The predicted molar refractivity (Wildman–Crippen MR) is 43.5 cm³/mol. The van der Waals surface area contributed by atoms with Gasteiger partial charge in [-0.1, -0.05) is 6.08 Å². The molecule has 0 N–H and O–H groups in total. The van der Waals surface area contributed by atoms with Gasteiger partial charge in [0.25, 0.3) is 0 Å². The zero-order valence-electron chi connectivity index (χ0n) is 5.74. The Morgan fingerprint density at radius 3 is 2.70 bits per heavy atom. The molecule has 1 heterocycles. The SMILES string of the molecule is CC1(C#N)C=CC=NC1.Cl. The second-order valence-corrected chi connectivity index (χ2v) is 2.38. The van der Waals surface area contributed by atoms with Crippen LogP contribution < -0.4 is 0 Å². The van der Waals surface area contributed by atoms with Gasteiger partial charge in [0.1, 0.15) is 0 Å². The van der Waals surface area contributed by atoms with E-state index < -0.39 is 0 Å². The van der Waals surface area contributed by atoms with Crippen molar-refractivity contribution in [1.82, 2.24) is 0 Å². The average Bonchev–Trinajstić information content (AvgIpc) is 1.90. The Kier molecular flexibility index (Phi) is 3.11. The Balaban J connectivity index is 0.000000810. The van der Waals surface area contributed by atoms with Gasteiger partial charge in [0, 0.05) is 6.21 Å². The monoisotopic (exact) mass is 156 g/mol. The van der Waals surface area contributed by atoms with Crippen LogP contribution in [0.3, 0.4) is 0 Å². The molecule has 0 saturated heterocycles. The van der Waals surface area contributed by atoms with Gasteiger partial charge in [-0.15, -0.1) is 12.4 Å². The molecule has 3 heteroatoms. The van der Waals surface area contributed by atoms with Gasteiger partial charge >= 0.3 is 0 Å². The number of halogens is 1. The molecule has 1 atom stereocenters. The summed E-state index contributed by atoms with van der Waals surface area (Å²) in [5.41, 5.74) is -0.352. The van der Waals surface area contributed by atoms with Crippen LogP contribution in [0.2, 0.25) is 0 Å². The normalized spacial score (nSPS) is 28.8. The molecule has 0 aromatic carbocycles. The number of allylic oxidation sites excluding steroid dienone is 1. The van der Waals surface area contributed by atoms with E-state index in [1.54, 1.807) is 6.21 Å². The van der Waals surface area contributed by atoms with Crippen molar-refractivity contribution >= 4 is 18.6 Å². The Hall–Kier alpha value is -0.810. The maximum Gasteiger partial charge on any atom is 0.0923 e. The lowest BCUT2D eigenvalue weighted by molar-refractivity contribution is 0.581. The summed E-state index contributed by atoms with van der Waals surface area (Å²) in [7, 11) is 0. The third-order valence-corrected chi connectivity index (χ3v) is 1.33. The molecular weight excluding hydrogens is 148 g/mol. The second kappa shape index (κ2) is 3.38. The van der Waals surface area contributed by atoms with E-state index in [4.69, 9.17) is 5.26 Å². The molecule has 10 heavy (non-hydrogen) atoms. The molecule has 0 aromatic heterocycles. The fourth-order valence-corrected chi connectivity index (χ4v) is 0.684. The third kappa shape index (κ3) is 1.85. The molecule has 0 amide bonds. The number of nitrogens with zero attached hydrogens (tertiary/aromatic N) is 2. The number of hydrogen-bond donors (Lipinski definition) is 0. The minimum Gasteiger partial charge on any atom is -0.291 e. The smallest absolute Gasteiger partial charge is 0.0923 e. The lowest BCUT2D eigenvalue weighted by Crippen LogP contribution is -2.16. The van der Waals surface area contributed by atoms with Gasteiger partial charge in [-0.3, -0.25) is 4.99 Å². The van der Waals surface area contributed by atoms with Crippen LogP contribution in [0.5, 0.6) is 0 Å². The van der Waals surface area contributed by atoms with Crippen molar-refractivity contribution in [2.75, 3.05) is 6.54 Å². The molecule has 0 fully saturated rings. The highest BCUT2D eigenvalue weighted by atomic mass is 35.5. The number of aliphatic imine (C=N–C) groups is 1. The van der Waals surface area contributed by atoms with Gasteiger partial charge in [-0.2, -0.15) is 5.26 Å². The second-order valence-electron chi connectivity index (χ2n) is 2.38. The minimum absolute atomic E-state index is 0. The van der Waals surface area contributed by atoms with E-state index in [0.29, 0.717) is 6.54 Å². The molecule has 0 radical (unpaired) electrons. The van der Waals surface area contributed by atoms with Crippen LogP contribution in [0.15, 0.2) is 17.1 Å². The fourth-order valence-electron chi connectivity index (χ4n) is 0.684. The van der Waals surface area contributed by atoms with Crippen LogP contribution in [0.1, 0.15) is 6.92 Å². The largest absolute Gasteiger partial charge is 0.291 e. The van der Waals surface area contributed by atoms with Crippen LogP contribution in [-0.2, 0) is 0 Å². The summed E-state index contributed by atoms with van der Waals surface area (Å²) in [5, 5.41) is 8.58. The van der Waals surface area contributed by atoms with Crippen molar-refractivity contribution in [3.8, 4) is 6.07 Å². The van der Waals surface area contributed by atoms with E-state index >= 15 is 0 Å². The van der Waals surface area contributed by atoms with Crippen LogP contribution >= 0.6 is 12.4 Å². The molecule has 0 spiro atoms. The van der Waals surface area contributed by atoms with E-state index in [2.05, 4.69) is 11.1 Å². The zero-order chi connectivity index (χ0) is 6.74. The molecule has 0 aromatic rings. The maximum atomic E-state index is 8.58. The summed E-state index contributed by atoms with van der Waals surface area (Å²) in [5.74, 6) is 0. The van der Waals surface area contributed by atoms with E-state index in [1.807, 2.05) is 19.1 Å². The van der Waals surface area contributed by atoms with Gasteiger partial charge in [0.15, 0.2) is 0 Å². The Morgan fingerprint density at radius 2 is 2.40 bits per heavy atom. The molecule has 0 bridgehead atoms. The standard InChI is InChI=1S/C7H8N2.ClH/c1-7(5-8)3-2-4-9-6-7;/h2-4H,6H2,1H3;1H. The zero-order valence-corrected chi connectivity index (χ0v) is 6.56. The summed E-state index contributed by atoms with van der Waals surface area (Å²) < 4.78 is 0. The third-order valence-electron chi connectivity index (χ3n) is 1.33. The van der Waals surface area contributed by atoms with Crippen molar-refractivity contribution in [2.45, 2.75) is 6.92 Å². The molecular formula is C7H9ClN2. The van der Waals surface area contributed by atoms with E-state index in [9.17, 15) is 0 Å². The highest BCUT2D eigenvalue weighted by Crippen LogP contribution is 2.18. The highest BCUT2D eigenvalue weighted by Gasteiger charge is 2.19. The maximum absolute atomic E-state index is 8.58. The van der Waals surface area contributed by atoms with Gasteiger partial charge in [-0.25, -0.2) is 0 Å². The van der Waals surface area contributed by atoms with Crippen molar-refractivity contribution in [3.05, 3.63) is 12.2 Å². The summed E-state index contributed by atoms with van der Waals surface area (Å²) in [4.78, 5) is 3.97. The first-order valence-electron chi connectivity index (χ1n) is 2.86. The Labute approximate surface area is 66.7 Å². The quantitative estimate of drug-likeness (QED) is 0.525. The van der Waals surface area contributed by atoms with Crippen LogP contribution in [0.4, 0.5) is 0 Å². The van der Waals surface area contributed by atoms with E-state index in [-0.39, 0.29) is 17.8 Å².